The lowest BCUT2D eigenvalue weighted by Crippen LogP contribution is -2.33. The third-order valence-electron chi connectivity index (χ3n) is 3.53. The Kier molecular flexibility index (Phi) is 4.21. The Bertz CT molecular complexity index is 362. The van der Waals surface area contributed by atoms with E-state index >= 15 is 0 Å². The van der Waals surface area contributed by atoms with Gasteiger partial charge in [0.05, 0.1) is 0 Å². The Hall–Kier alpha value is -0.835. The molecule has 0 atom stereocenters. The van der Waals surface area contributed by atoms with Crippen LogP contribution in [-0.4, -0.2) is 35.2 Å². The van der Waals surface area contributed by atoms with Crippen LogP contribution in [0.5, 0.6) is 0 Å². The van der Waals surface area contributed by atoms with Gasteiger partial charge >= 0.3 is 7.12 Å². The molecule has 1 aromatic carbocycles. The maximum Gasteiger partial charge on any atom is 0.488 e. The van der Waals surface area contributed by atoms with Crippen LogP contribution in [0.4, 0.5) is 0 Å². The summed E-state index contributed by atoms with van der Waals surface area (Å²) in [6, 6.07) is 7.55. The maximum atomic E-state index is 9.13. The van der Waals surface area contributed by atoms with Gasteiger partial charge in [0.1, 0.15) is 0 Å². The molecular formula is C13H20BNO2. The molecule has 0 aliphatic carbocycles. The average molecular weight is 233 g/mol. The van der Waals surface area contributed by atoms with Crippen molar-refractivity contribution in [2.45, 2.75) is 26.3 Å². The summed E-state index contributed by atoms with van der Waals surface area (Å²) < 4.78 is 0. The van der Waals surface area contributed by atoms with Crippen LogP contribution >= 0.6 is 0 Å². The molecule has 92 valence electrons. The molecule has 4 heteroatoms. The first-order valence-corrected chi connectivity index (χ1v) is 6.32. The molecule has 1 aliphatic heterocycles. The highest BCUT2D eigenvalue weighted by molar-refractivity contribution is 6.58. The molecule has 0 radical (unpaired) electrons. The SMILES string of the molecule is CC1CCN(Cc2cccc(B(O)O)c2)CC1. The summed E-state index contributed by atoms with van der Waals surface area (Å²) in [6.07, 6.45) is 2.53. The van der Waals surface area contributed by atoms with Gasteiger partial charge in [0, 0.05) is 6.54 Å². The monoisotopic (exact) mass is 233 g/mol. The molecule has 1 fully saturated rings. The van der Waals surface area contributed by atoms with E-state index in [-0.39, 0.29) is 0 Å². The van der Waals surface area contributed by atoms with E-state index in [0.717, 1.165) is 31.1 Å². The minimum atomic E-state index is -1.36. The van der Waals surface area contributed by atoms with E-state index in [2.05, 4.69) is 11.8 Å². The Morgan fingerprint density at radius 2 is 2.00 bits per heavy atom. The van der Waals surface area contributed by atoms with E-state index in [1.54, 1.807) is 6.07 Å². The van der Waals surface area contributed by atoms with Crippen molar-refractivity contribution in [3.63, 3.8) is 0 Å². The minimum Gasteiger partial charge on any atom is -0.423 e. The maximum absolute atomic E-state index is 9.13. The number of likely N-dealkylation sites (tertiary alicyclic amines) is 1. The Morgan fingerprint density at radius 1 is 1.29 bits per heavy atom. The molecule has 0 bridgehead atoms. The molecule has 0 amide bonds. The zero-order valence-corrected chi connectivity index (χ0v) is 10.3. The van der Waals surface area contributed by atoms with Crippen molar-refractivity contribution in [2.75, 3.05) is 13.1 Å². The summed E-state index contributed by atoms with van der Waals surface area (Å²) in [4.78, 5) is 2.43. The van der Waals surface area contributed by atoms with Crippen molar-refractivity contribution in [3.05, 3.63) is 29.8 Å². The van der Waals surface area contributed by atoms with Crippen LogP contribution < -0.4 is 5.46 Å². The van der Waals surface area contributed by atoms with Crippen LogP contribution in [0.2, 0.25) is 0 Å². The van der Waals surface area contributed by atoms with Crippen molar-refractivity contribution in [3.8, 4) is 0 Å². The summed E-state index contributed by atoms with van der Waals surface area (Å²) in [6.45, 7) is 5.51. The highest BCUT2D eigenvalue weighted by Gasteiger charge is 2.16. The highest BCUT2D eigenvalue weighted by atomic mass is 16.4. The minimum absolute atomic E-state index is 0.577. The molecule has 0 unspecified atom stereocenters. The fourth-order valence-corrected chi connectivity index (χ4v) is 2.33. The van der Waals surface area contributed by atoms with Crippen molar-refractivity contribution >= 4 is 12.6 Å². The van der Waals surface area contributed by atoms with Gasteiger partial charge in [0.2, 0.25) is 0 Å². The van der Waals surface area contributed by atoms with Gasteiger partial charge in [-0.05, 0) is 42.9 Å². The fourth-order valence-electron chi connectivity index (χ4n) is 2.33. The Labute approximate surface area is 103 Å². The lowest BCUT2D eigenvalue weighted by Gasteiger charge is -2.30. The number of hydrogen-bond acceptors (Lipinski definition) is 3. The lowest BCUT2D eigenvalue weighted by atomic mass is 9.79. The lowest BCUT2D eigenvalue weighted by molar-refractivity contribution is 0.185. The second kappa shape index (κ2) is 5.67. The zero-order valence-electron chi connectivity index (χ0n) is 10.3. The molecule has 0 aromatic heterocycles. The molecule has 1 saturated heterocycles. The summed E-state index contributed by atoms with van der Waals surface area (Å²) in [7, 11) is -1.36. The molecule has 1 aliphatic rings. The van der Waals surface area contributed by atoms with Gasteiger partial charge in [0.15, 0.2) is 0 Å². The summed E-state index contributed by atoms with van der Waals surface area (Å²) in [5.74, 6) is 0.844. The first-order valence-electron chi connectivity index (χ1n) is 6.32. The van der Waals surface area contributed by atoms with Gasteiger partial charge in [-0.15, -0.1) is 0 Å². The molecule has 3 nitrogen and oxygen atoms in total. The van der Waals surface area contributed by atoms with E-state index in [1.807, 2.05) is 18.2 Å². The van der Waals surface area contributed by atoms with E-state index in [9.17, 15) is 0 Å². The predicted octanol–water partition coefficient (Wildman–Crippen LogP) is 0.598. The quantitative estimate of drug-likeness (QED) is 0.751. The van der Waals surface area contributed by atoms with Crippen molar-refractivity contribution < 1.29 is 10.0 Å². The Morgan fingerprint density at radius 3 is 2.65 bits per heavy atom. The number of benzene rings is 1. The topological polar surface area (TPSA) is 43.7 Å². The number of piperidine rings is 1. The molecular weight excluding hydrogens is 213 g/mol. The molecule has 1 aromatic rings. The van der Waals surface area contributed by atoms with E-state index in [1.165, 1.54) is 12.8 Å². The zero-order chi connectivity index (χ0) is 12.3. The normalized spacial score (nSPS) is 18.3. The number of hydrogen-bond donors (Lipinski definition) is 2. The van der Waals surface area contributed by atoms with E-state index in [0.29, 0.717) is 5.46 Å². The standard InChI is InChI=1S/C13H20BNO2/c1-11-5-7-15(8-6-11)10-12-3-2-4-13(9-12)14(16)17/h2-4,9,11,16-17H,5-8,10H2,1H3. The van der Waals surface area contributed by atoms with Gasteiger partial charge in [0.25, 0.3) is 0 Å². The van der Waals surface area contributed by atoms with Gasteiger partial charge in [-0.2, -0.15) is 0 Å². The smallest absolute Gasteiger partial charge is 0.423 e. The van der Waals surface area contributed by atoms with Gasteiger partial charge < -0.3 is 10.0 Å². The third-order valence-corrected chi connectivity index (χ3v) is 3.53. The summed E-state index contributed by atoms with van der Waals surface area (Å²) in [5, 5.41) is 18.3. The van der Waals surface area contributed by atoms with Crippen LogP contribution in [0.3, 0.4) is 0 Å². The number of rotatable bonds is 3. The van der Waals surface area contributed by atoms with Crippen LogP contribution in [0.1, 0.15) is 25.3 Å². The van der Waals surface area contributed by atoms with Crippen LogP contribution in [0, 0.1) is 5.92 Å². The second-order valence-electron chi connectivity index (χ2n) is 5.08. The first kappa shape index (κ1) is 12.6. The first-order chi connectivity index (χ1) is 8.15. The molecule has 0 saturated carbocycles. The Balaban J connectivity index is 1.96. The van der Waals surface area contributed by atoms with Crippen molar-refractivity contribution in [1.29, 1.82) is 0 Å². The van der Waals surface area contributed by atoms with Gasteiger partial charge in [-0.25, -0.2) is 0 Å². The van der Waals surface area contributed by atoms with E-state index < -0.39 is 7.12 Å². The predicted molar refractivity (Wildman–Crippen MR) is 69.9 cm³/mol. The summed E-state index contributed by atoms with van der Waals surface area (Å²) >= 11 is 0. The van der Waals surface area contributed by atoms with Gasteiger partial charge in [-0.1, -0.05) is 31.2 Å². The number of nitrogens with zero attached hydrogens (tertiary/aromatic N) is 1. The van der Waals surface area contributed by atoms with Crippen LogP contribution in [0.15, 0.2) is 24.3 Å². The highest BCUT2D eigenvalue weighted by Crippen LogP contribution is 2.17. The van der Waals surface area contributed by atoms with E-state index in [4.69, 9.17) is 10.0 Å². The average Bonchev–Trinajstić information content (AvgIpc) is 2.32. The summed E-state index contributed by atoms with van der Waals surface area (Å²) in [5.41, 5.74) is 1.73. The molecule has 2 rings (SSSR count). The molecule has 2 N–H and O–H groups in total. The largest absolute Gasteiger partial charge is 0.488 e. The molecule has 1 heterocycles. The van der Waals surface area contributed by atoms with Crippen LogP contribution in [-0.2, 0) is 6.54 Å². The fraction of sp³-hybridized carbons (Fsp3) is 0.538. The van der Waals surface area contributed by atoms with Crippen LogP contribution in [0.25, 0.3) is 0 Å². The third kappa shape index (κ3) is 3.56. The van der Waals surface area contributed by atoms with Crippen molar-refractivity contribution in [1.82, 2.24) is 4.90 Å². The van der Waals surface area contributed by atoms with Crippen molar-refractivity contribution in [2.24, 2.45) is 5.92 Å². The molecule has 0 spiro atoms. The molecule has 17 heavy (non-hydrogen) atoms. The second-order valence-corrected chi connectivity index (χ2v) is 5.08. The van der Waals surface area contributed by atoms with Gasteiger partial charge in [-0.3, -0.25) is 4.90 Å².